The largest absolute Gasteiger partial charge is 0.389 e. The van der Waals surface area contributed by atoms with Crippen LogP contribution in [0.4, 0.5) is 9.52 Å². The molecular formula is C17H20FN3O3S. The van der Waals surface area contributed by atoms with E-state index in [1.54, 1.807) is 6.07 Å². The predicted molar refractivity (Wildman–Crippen MR) is 93.2 cm³/mol. The fourth-order valence-corrected chi connectivity index (χ4v) is 4.56. The molecule has 2 N–H and O–H groups in total. The molecule has 2 aliphatic heterocycles. The van der Waals surface area contributed by atoms with Crippen molar-refractivity contribution in [3.05, 3.63) is 24.0 Å². The molecule has 3 heterocycles. The molecule has 0 bridgehead atoms. The standard InChI is InChI=1S/C17H20FN3O3S/c18-11-2-3-12-13(8-11)25-16(19-12)20-15(23)10-21-6-5-17(14(22)9-21)4-1-7-24-17/h2-3,8,14,22H,1,4-7,9-10H2,(H,19,20,23)/t14-,17-/m0/s1. The number of likely N-dealkylation sites (tertiary alicyclic amines) is 1. The van der Waals surface area contributed by atoms with Crippen LogP contribution in [-0.2, 0) is 9.53 Å². The fraction of sp³-hybridized carbons (Fsp3) is 0.529. The topological polar surface area (TPSA) is 74.7 Å². The molecule has 2 saturated heterocycles. The zero-order valence-electron chi connectivity index (χ0n) is 13.7. The highest BCUT2D eigenvalue weighted by atomic mass is 32.1. The minimum Gasteiger partial charge on any atom is -0.389 e. The van der Waals surface area contributed by atoms with Crippen LogP contribution in [-0.4, -0.2) is 58.8 Å². The summed E-state index contributed by atoms with van der Waals surface area (Å²) in [4.78, 5) is 18.5. The number of benzene rings is 1. The van der Waals surface area contributed by atoms with Crippen molar-refractivity contribution >= 4 is 32.6 Å². The van der Waals surface area contributed by atoms with Gasteiger partial charge in [0.05, 0.1) is 28.5 Å². The molecule has 2 aliphatic rings. The molecule has 1 amide bonds. The van der Waals surface area contributed by atoms with E-state index in [4.69, 9.17) is 4.74 Å². The Bertz CT molecular complexity index is 791. The van der Waals surface area contributed by atoms with Gasteiger partial charge in [-0.25, -0.2) is 9.37 Å². The Morgan fingerprint density at radius 1 is 1.52 bits per heavy atom. The average molecular weight is 365 g/mol. The van der Waals surface area contributed by atoms with Crippen molar-refractivity contribution in [1.82, 2.24) is 9.88 Å². The van der Waals surface area contributed by atoms with Crippen LogP contribution in [0.25, 0.3) is 10.2 Å². The van der Waals surface area contributed by atoms with Gasteiger partial charge >= 0.3 is 0 Å². The second kappa shape index (κ2) is 6.60. The lowest BCUT2D eigenvalue weighted by Gasteiger charge is -2.42. The van der Waals surface area contributed by atoms with Crippen molar-refractivity contribution in [2.75, 3.05) is 31.6 Å². The molecule has 4 rings (SSSR count). The monoisotopic (exact) mass is 365 g/mol. The summed E-state index contributed by atoms with van der Waals surface area (Å²) in [6, 6.07) is 4.35. The third-order valence-electron chi connectivity index (χ3n) is 4.99. The molecule has 0 unspecified atom stereocenters. The number of halogens is 1. The number of β-amino-alcohol motifs (C(OH)–C–C–N with tert-alkyl or cyclic N) is 1. The highest BCUT2D eigenvalue weighted by Crippen LogP contribution is 2.36. The number of anilines is 1. The number of hydrogen-bond donors (Lipinski definition) is 2. The van der Waals surface area contributed by atoms with E-state index < -0.39 is 11.7 Å². The van der Waals surface area contributed by atoms with Crippen molar-refractivity contribution in [3.8, 4) is 0 Å². The second-order valence-electron chi connectivity index (χ2n) is 6.70. The minimum atomic E-state index is -0.568. The van der Waals surface area contributed by atoms with Crippen LogP contribution >= 0.6 is 11.3 Å². The van der Waals surface area contributed by atoms with Crippen molar-refractivity contribution in [3.63, 3.8) is 0 Å². The molecule has 0 saturated carbocycles. The van der Waals surface area contributed by atoms with Gasteiger partial charge in [0.15, 0.2) is 5.13 Å². The summed E-state index contributed by atoms with van der Waals surface area (Å²) in [6.07, 6.45) is 2.04. The number of nitrogens with one attached hydrogen (secondary N) is 1. The Morgan fingerprint density at radius 2 is 2.40 bits per heavy atom. The normalized spacial score (nSPS) is 27.2. The Hall–Kier alpha value is -1.61. The van der Waals surface area contributed by atoms with Gasteiger partial charge < -0.3 is 15.2 Å². The number of nitrogens with zero attached hydrogens (tertiary/aromatic N) is 2. The third kappa shape index (κ3) is 3.39. The number of hydrogen-bond acceptors (Lipinski definition) is 6. The van der Waals surface area contributed by atoms with E-state index >= 15 is 0 Å². The van der Waals surface area contributed by atoms with E-state index in [0.717, 1.165) is 25.8 Å². The van der Waals surface area contributed by atoms with Crippen molar-refractivity contribution < 1.29 is 19.0 Å². The molecule has 134 valence electrons. The van der Waals surface area contributed by atoms with Crippen LogP contribution in [0, 0.1) is 5.82 Å². The maximum absolute atomic E-state index is 13.2. The van der Waals surface area contributed by atoms with E-state index in [0.29, 0.717) is 28.5 Å². The molecule has 2 fully saturated rings. The van der Waals surface area contributed by atoms with Crippen molar-refractivity contribution in [2.24, 2.45) is 0 Å². The molecule has 0 radical (unpaired) electrons. The molecule has 6 nitrogen and oxygen atoms in total. The van der Waals surface area contributed by atoms with Gasteiger partial charge in [-0.05, 0) is 37.5 Å². The molecule has 2 aromatic rings. The van der Waals surface area contributed by atoms with Gasteiger partial charge in [0, 0.05) is 19.7 Å². The van der Waals surface area contributed by atoms with Crippen molar-refractivity contribution in [1.29, 1.82) is 0 Å². The maximum atomic E-state index is 13.2. The number of amides is 1. The van der Waals surface area contributed by atoms with E-state index in [1.807, 2.05) is 4.90 Å². The summed E-state index contributed by atoms with van der Waals surface area (Å²) in [5.41, 5.74) is 0.250. The molecule has 2 atom stereocenters. The Balaban J connectivity index is 1.35. The quantitative estimate of drug-likeness (QED) is 0.870. The number of thiazole rings is 1. The summed E-state index contributed by atoms with van der Waals surface area (Å²) in [6.45, 7) is 2.04. The number of piperidine rings is 1. The first kappa shape index (κ1) is 16.8. The van der Waals surface area contributed by atoms with E-state index in [-0.39, 0.29) is 18.3 Å². The Labute approximate surface area is 148 Å². The van der Waals surface area contributed by atoms with Gasteiger partial charge in [-0.15, -0.1) is 0 Å². The van der Waals surface area contributed by atoms with Gasteiger partial charge in [0.1, 0.15) is 5.82 Å². The zero-order valence-corrected chi connectivity index (χ0v) is 14.5. The first-order chi connectivity index (χ1) is 12.0. The number of carbonyl (C=O) groups is 1. The van der Waals surface area contributed by atoms with Crippen LogP contribution in [0.2, 0.25) is 0 Å². The van der Waals surface area contributed by atoms with Crippen LogP contribution in [0.1, 0.15) is 19.3 Å². The lowest BCUT2D eigenvalue weighted by atomic mass is 9.86. The average Bonchev–Trinajstić information content (AvgIpc) is 3.18. The molecule has 8 heteroatoms. The van der Waals surface area contributed by atoms with E-state index in [2.05, 4.69) is 10.3 Å². The van der Waals surface area contributed by atoms with Crippen LogP contribution in [0.5, 0.6) is 0 Å². The van der Waals surface area contributed by atoms with Gasteiger partial charge in [-0.1, -0.05) is 11.3 Å². The van der Waals surface area contributed by atoms with Crippen LogP contribution in [0.15, 0.2) is 18.2 Å². The summed E-state index contributed by atoms with van der Waals surface area (Å²) in [5.74, 6) is -0.505. The molecule has 1 aromatic carbocycles. The van der Waals surface area contributed by atoms with Gasteiger partial charge in [0.25, 0.3) is 0 Å². The summed E-state index contributed by atoms with van der Waals surface area (Å²) in [7, 11) is 0. The van der Waals surface area contributed by atoms with Crippen molar-refractivity contribution in [2.45, 2.75) is 31.0 Å². The van der Waals surface area contributed by atoms with Gasteiger partial charge in [0.2, 0.25) is 5.91 Å². The maximum Gasteiger partial charge on any atom is 0.240 e. The first-order valence-electron chi connectivity index (χ1n) is 8.44. The number of fused-ring (bicyclic) bond motifs is 1. The number of carbonyl (C=O) groups excluding carboxylic acids is 1. The minimum absolute atomic E-state index is 0.185. The zero-order chi connectivity index (χ0) is 17.4. The molecule has 1 aromatic heterocycles. The Morgan fingerprint density at radius 3 is 3.16 bits per heavy atom. The fourth-order valence-electron chi connectivity index (χ4n) is 3.65. The smallest absolute Gasteiger partial charge is 0.240 e. The number of aromatic nitrogens is 1. The lowest BCUT2D eigenvalue weighted by Crippen LogP contribution is -2.56. The van der Waals surface area contributed by atoms with Crippen LogP contribution in [0.3, 0.4) is 0 Å². The number of aliphatic hydroxyl groups is 1. The molecule has 1 spiro atoms. The molecule has 25 heavy (non-hydrogen) atoms. The van der Waals surface area contributed by atoms with E-state index in [9.17, 15) is 14.3 Å². The summed E-state index contributed by atoms with van der Waals surface area (Å²) in [5, 5.41) is 13.6. The highest BCUT2D eigenvalue weighted by Gasteiger charge is 2.45. The molecule has 0 aliphatic carbocycles. The highest BCUT2D eigenvalue weighted by molar-refractivity contribution is 7.22. The van der Waals surface area contributed by atoms with E-state index in [1.165, 1.54) is 23.5 Å². The number of aliphatic hydroxyl groups excluding tert-OH is 1. The third-order valence-corrected chi connectivity index (χ3v) is 5.92. The van der Waals surface area contributed by atoms with Crippen LogP contribution < -0.4 is 5.32 Å². The van der Waals surface area contributed by atoms with Gasteiger partial charge in [-0.2, -0.15) is 0 Å². The SMILES string of the molecule is O=C(CN1CC[C@@]2(CCCO2)[C@@H](O)C1)Nc1nc2ccc(F)cc2s1. The lowest BCUT2D eigenvalue weighted by molar-refractivity contribution is -0.135. The van der Waals surface area contributed by atoms with Gasteiger partial charge in [-0.3, -0.25) is 9.69 Å². The molecular weight excluding hydrogens is 345 g/mol. The summed E-state index contributed by atoms with van der Waals surface area (Å²) >= 11 is 1.25. The Kier molecular flexibility index (Phi) is 4.45. The predicted octanol–water partition coefficient (Wildman–Crippen LogP) is 1.99. The second-order valence-corrected chi connectivity index (χ2v) is 7.73. The summed E-state index contributed by atoms with van der Waals surface area (Å²) < 4.78 is 19.7. The number of rotatable bonds is 3. The first-order valence-corrected chi connectivity index (χ1v) is 9.26. The number of ether oxygens (including phenoxy) is 1.